The molecular formula is C25H35N3O3S. The molecule has 1 aliphatic rings. The van der Waals surface area contributed by atoms with E-state index in [1.54, 1.807) is 0 Å². The lowest BCUT2D eigenvalue weighted by Crippen LogP contribution is -2.32. The van der Waals surface area contributed by atoms with Crippen LogP contribution in [0.4, 0.5) is 11.4 Å². The number of hydrogen-bond acceptors (Lipinski definition) is 4. The first-order chi connectivity index (χ1) is 14.8. The number of amides is 1. The fraction of sp³-hybridized carbons (Fsp3) is 0.480. The first-order valence-corrected chi connectivity index (χ1v) is 12.1. The Morgan fingerprint density at radius 2 is 1.78 bits per heavy atom. The summed E-state index contributed by atoms with van der Waals surface area (Å²) in [5.74, 6) is 0.590. The molecule has 2 unspecified atom stereocenters. The van der Waals surface area contributed by atoms with Crippen molar-refractivity contribution in [2.24, 2.45) is 11.3 Å². The molecule has 0 saturated carbocycles. The molecular weight excluding hydrogens is 422 g/mol. The monoisotopic (exact) mass is 457 g/mol. The van der Waals surface area contributed by atoms with Crippen molar-refractivity contribution >= 4 is 28.5 Å². The predicted molar refractivity (Wildman–Crippen MR) is 132 cm³/mol. The van der Waals surface area contributed by atoms with Gasteiger partial charge in [-0.25, -0.2) is 0 Å². The number of nitrogens with one attached hydrogen (secondary N) is 2. The zero-order chi connectivity index (χ0) is 23.7. The van der Waals surface area contributed by atoms with Gasteiger partial charge >= 0.3 is 11.3 Å². The van der Waals surface area contributed by atoms with Gasteiger partial charge in [0.05, 0.1) is 18.2 Å². The van der Waals surface area contributed by atoms with Crippen molar-refractivity contribution in [1.29, 1.82) is 0 Å². The molecule has 2 aromatic rings. The van der Waals surface area contributed by atoms with Gasteiger partial charge in [-0.2, -0.15) is 4.21 Å². The molecule has 1 saturated heterocycles. The first-order valence-electron chi connectivity index (χ1n) is 11.0. The van der Waals surface area contributed by atoms with Gasteiger partial charge in [-0.15, -0.1) is 0 Å². The molecule has 0 aliphatic carbocycles. The number of hydrazine groups is 1. The average molecular weight is 458 g/mol. The quantitative estimate of drug-likeness (QED) is 0.595. The van der Waals surface area contributed by atoms with Gasteiger partial charge < -0.3 is 4.18 Å². The highest BCUT2D eigenvalue weighted by Gasteiger charge is 2.28. The third kappa shape index (κ3) is 6.03. The van der Waals surface area contributed by atoms with Crippen LogP contribution in [-0.4, -0.2) is 16.7 Å². The van der Waals surface area contributed by atoms with Crippen LogP contribution in [-0.2, 0) is 21.5 Å². The van der Waals surface area contributed by atoms with Gasteiger partial charge in [0.25, 0.3) is 0 Å². The third-order valence-electron chi connectivity index (χ3n) is 5.64. The molecule has 0 aromatic heterocycles. The lowest BCUT2D eigenvalue weighted by molar-refractivity contribution is -0.121. The molecule has 174 valence electrons. The van der Waals surface area contributed by atoms with Crippen molar-refractivity contribution in [2.75, 3.05) is 16.3 Å². The second-order valence-electron chi connectivity index (χ2n) is 10.6. The molecule has 0 bridgehead atoms. The molecule has 1 heterocycles. The van der Waals surface area contributed by atoms with Gasteiger partial charge in [-0.05, 0) is 65.6 Å². The number of anilines is 2. The average Bonchev–Trinajstić information content (AvgIpc) is 3.00. The standard InChI is InChI=1S/C25H35N3O3S/c1-17-8-9-19(25(6,7)16-24(3,4)5)14-22(17)31-32(30)27-20-10-12-21(13-11-20)28-15-18(2)23(29)26-28/h8-14,18,27H,15-16H2,1-7H3,(H,26,29). The summed E-state index contributed by atoms with van der Waals surface area (Å²) >= 11 is -1.74. The molecule has 1 fully saturated rings. The third-order valence-corrected chi connectivity index (χ3v) is 6.37. The van der Waals surface area contributed by atoms with E-state index in [-0.39, 0.29) is 22.7 Å². The fourth-order valence-electron chi connectivity index (χ4n) is 4.26. The number of aryl methyl sites for hydroxylation is 1. The Kier molecular flexibility index (Phi) is 6.89. The van der Waals surface area contributed by atoms with Gasteiger partial charge in [0.2, 0.25) is 5.91 Å². The smallest absolute Gasteiger partial charge is 0.316 e. The lowest BCUT2D eigenvalue weighted by atomic mass is 9.72. The highest BCUT2D eigenvalue weighted by atomic mass is 32.2. The molecule has 0 spiro atoms. The van der Waals surface area contributed by atoms with Crippen LogP contribution in [0, 0.1) is 18.3 Å². The maximum Gasteiger partial charge on any atom is 0.316 e. The SMILES string of the molecule is Cc1ccc(C(C)(C)CC(C)(C)C)cc1OS(=O)Nc1ccc(N2CC(C)C(=O)N2)cc1. The summed E-state index contributed by atoms with van der Waals surface area (Å²) in [4.78, 5) is 11.7. The zero-order valence-electron chi connectivity index (χ0n) is 20.1. The topological polar surface area (TPSA) is 70.7 Å². The van der Waals surface area contributed by atoms with Crippen molar-refractivity contribution in [3.8, 4) is 5.75 Å². The Bertz CT molecular complexity index is 996. The molecule has 2 N–H and O–H groups in total. The highest BCUT2D eigenvalue weighted by molar-refractivity contribution is 7.81. The van der Waals surface area contributed by atoms with E-state index in [1.807, 2.05) is 55.3 Å². The van der Waals surface area contributed by atoms with Crippen LogP contribution < -0.4 is 19.3 Å². The zero-order valence-corrected chi connectivity index (χ0v) is 20.9. The summed E-state index contributed by atoms with van der Waals surface area (Å²) in [7, 11) is 0. The summed E-state index contributed by atoms with van der Waals surface area (Å²) in [6, 6.07) is 13.5. The fourth-order valence-corrected chi connectivity index (χ4v) is 4.98. The van der Waals surface area contributed by atoms with Crippen molar-refractivity contribution < 1.29 is 13.2 Å². The minimum Gasteiger partial charge on any atom is -0.385 e. The van der Waals surface area contributed by atoms with Gasteiger partial charge in [-0.3, -0.25) is 20.0 Å². The minimum absolute atomic E-state index is 0.0185. The van der Waals surface area contributed by atoms with Gasteiger partial charge in [-0.1, -0.05) is 53.7 Å². The van der Waals surface area contributed by atoms with E-state index in [9.17, 15) is 9.00 Å². The van der Waals surface area contributed by atoms with Crippen molar-refractivity contribution in [3.63, 3.8) is 0 Å². The molecule has 6 nitrogen and oxygen atoms in total. The Labute approximate surface area is 194 Å². The molecule has 32 heavy (non-hydrogen) atoms. The number of carbonyl (C=O) groups is 1. The molecule has 7 heteroatoms. The summed E-state index contributed by atoms with van der Waals surface area (Å²) in [5.41, 5.74) is 6.66. The van der Waals surface area contributed by atoms with Crippen LogP contribution in [0.3, 0.4) is 0 Å². The summed E-state index contributed by atoms with van der Waals surface area (Å²) in [5, 5.41) is 1.82. The summed E-state index contributed by atoms with van der Waals surface area (Å²) in [6.07, 6.45) is 1.02. The molecule has 1 aliphatic heterocycles. The molecule has 0 radical (unpaired) electrons. The molecule has 1 amide bonds. The second kappa shape index (κ2) is 9.14. The Balaban J connectivity index is 1.66. The summed E-state index contributed by atoms with van der Waals surface area (Å²) < 4.78 is 21.3. The number of carbonyl (C=O) groups excluding carboxylic acids is 1. The Morgan fingerprint density at radius 1 is 1.12 bits per heavy atom. The van der Waals surface area contributed by atoms with E-state index < -0.39 is 11.3 Å². The van der Waals surface area contributed by atoms with Gasteiger partial charge in [0, 0.05) is 5.69 Å². The van der Waals surface area contributed by atoms with Crippen LogP contribution in [0.1, 0.15) is 59.1 Å². The van der Waals surface area contributed by atoms with E-state index in [0.29, 0.717) is 18.0 Å². The normalized spacial score (nSPS) is 17.8. The van der Waals surface area contributed by atoms with Crippen molar-refractivity contribution in [2.45, 2.75) is 60.3 Å². The lowest BCUT2D eigenvalue weighted by Gasteiger charge is -2.33. The first kappa shape index (κ1) is 24.1. The van der Waals surface area contributed by atoms with Gasteiger partial charge in [0.15, 0.2) is 0 Å². The van der Waals surface area contributed by atoms with E-state index in [0.717, 1.165) is 23.2 Å². The Morgan fingerprint density at radius 3 is 2.34 bits per heavy atom. The van der Waals surface area contributed by atoms with Crippen LogP contribution in [0.2, 0.25) is 0 Å². The van der Waals surface area contributed by atoms with Crippen molar-refractivity contribution in [1.82, 2.24) is 5.43 Å². The van der Waals surface area contributed by atoms with Crippen LogP contribution in [0.5, 0.6) is 5.75 Å². The molecule has 3 rings (SSSR count). The number of rotatable bonds is 7. The second-order valence-corrected chi connectivity index (χ2v) is 11.4. The Hall–Kier alpha value is -2.54. The molecule has 2 atom stereocenters. The number of benzene rings is 2. The minimum atomic E-state index is -1.74. The maximum atomic E-state index is 12.7. The predicted octanol–water partition coefficient (Wildman–Crippen LogP) is 5.27. The molecule has 2 aromatic carbocycles. The maximum absolute atomic E-state index is 12.7. The van der Waals surface area contributed by atoms with E-state index in [4.69, 9.17) is 4.18 Å². The largest absolute Gasteiger partial charge is 0.385 e. The number of hydrogen-bond donors (Lipinski definition) is 2. The van der Waals surface area contributed by atoms with Crippen LogP contribution in [0.25, 0.3) is 0 Å². The van der Waals surface area contributed by atoms with Crippen LogP contribution >= 0.6 is 0 Å². The van der Waals surface area contributed by atoms with E-state index >= 15 is 0 Å². The highest BCUT2D eigenvalue weighted by Crippen LogP contribution is 2.38. The summed E-state index contributed by atoms with van der Waals surface area (Å²) in [6.45, 7) is 15.6. The van der Waals surface area contributed by atoms with E-state index in [1.165, 1.54) is 0 Å². The van der Waals surface area contributed by atoms with Crippen LogP contribution in [0.15, 0.2) is 42.5 Å². The van der Waals surface area contributed by atoms with Crippen molar-refractivity contribution in [3.05, 3.63) is 53.6 Å². The van der Waals surface area contributed by atoms with E-state index in [2.05, 4.69) is 50.8 Å². The number of nitrogens with zero attached hydrogens (tertiary/aromatic N) is 1. The van der Waals surface area contributed by atoms with Gasteiger partial charge in [0.1, 0.15) is 5.75 Å².